The van der Waals surface area contributed by atoms with E-state index in [-0.39, 0.29) is 17.9 Å². The number of carboxylic acids is 1. The van der Waals surface area contributed by atoms with Crippen LogP contribution in [0, 0.1) is 5.82 Å². The first-order valence-electron chi connectivity index (χ1n) is 4.43. The van der Waals surface area contributed by atoms with Gasteiger partial charge in [0, 0.05) is 12.1 Å². The number of rotatable bonds is 4. The fraction of sp³-hybridized carbons (Fsp3) is 0.300. The number of benzene rings is 1. The topological polar surface area (TPSA) is 72.5 Å². The Morgan fingerprint density at radius 2 is 2.33 bits per heavy atom. The molecule has 0 spiro atoms. The van der Waals surface area contributed by atoms with Crippen molar-refractivity contribution in [3.8, 4) is 5.75 Å². The van der Waals surface area contributed by atoms with Gasteiger partial charge in [-0.3, -0.25) is 0 Å². The average molecular weight is 213 g/mol. The summed E-state index contributed by atoms with van der Waals surface area (Å²) in [5.74, 6) is -1.43. The molecule has 82 valence electrons. The van der Waals surface area contributed by atoms with Crippen molar-refractivity contribution in [1.29, 1.82) is 0 Å². The predicted molar refractivity (Wildman–Crippen MR) is 52.0 cm³/mol. The number of hydrogen-bond acceptors (Lipinski definition) is 3. The first kappa shape index (κ1) is 11.5. The van der Waals surface area contributed by atoms with Gasteiger partial charge in [-0.25, -0.2) is 9.18 Å². The summed E-state index contributed by atoms with van der Waals surface area (Å²) in [5.41, 5.74) is 5.52. The lowest BCUT2D eigenvalue weighted by molar-refractivity contribution is -0.144. The zero-order chi connectivity index (χ0) is 11.4. The third-order valence-corrected chi connectivity index (χ3v) is 1.93. The molecule has 0 aliphatic carbocycles. The fourth-order valence-corrected chi connectivity index (χ4v) is 1.09. The highest BCUT2D eigenvalue weighted by atomic mass is 19.1. The predicted octanol–water partition coefficient (Wildman–Crippen LogP) is 1.14. The van der Waals surface area contributed by atoms with Crippen molar-refractivity contribution < 1.29 is 19.0 Å². The van der Waals surface area contributed by atoms with Gasteiger partial charge in [0.1, 0.15) is 11.6 Å². The number of ether oxygens (including phenoxy) is 1. The lowest BCUT2D eigenvalue weighted by Crippen LogP contribution is -2.23. The van der Waals surface area contributed by atoms with E-state index in [4.69, 9.17) is 15.6 Å². The summed E-state index contributed by atoms with van der Waals surface area (Å²) in [4.78, 5) is 10.5. The molecular weight excluding hydrogens is 201 g/mol. The van der Waals surface area contributed by atoms with Crippen molar-refractivity contribution in [3.05, 3.63) is 29.6 Å². The first-order valence-corrected chi connectivity index (χ1v) is 4.43. The largest absolute Gasteiger partial charge is 0.479 e. The van der Waals surface area contributed by atoms with Crippen molar-refractivity contribution in [2.24, 2.45) is 5.73 Å². The van der Waals surface area contributed by atoms with E-state index in [9.17, 15) is 9.18 Å². The lowest BCUT2D eigenvalue weighted by Gasteiger charge is -2.13. The van der Waals surface area contributed by atoms with Crippen LogP contribution in [0.2, 0.25) is 0 Å². The molecule has 5 heteroatoms. The maximum atomic E-state index is 13.2. The van der Waals surface area contributed by atoms with Crippen molar-refractivity contribution >= 4 is 5.97 Å². The third kappa shape index (κ3) is 2.66. The molecule has 1 atom stereocenters. The lowest BCUT2D eigenvalue weighted by atomic mass is 10.2. The van der Waals surface area contributed by atoms with Gasteiger partial charge < -0.3 is 15.6 Å². The molecule has 1 rings (SSSR count). The summed E-state index contributed by atoms with van der Waals surface area (Å²) in [5, 5.41) is 8.63. The molecule has 0 saturated heterocycles. The minimum atomic E-state index is -1.11. The molecule has 4 nitrogen and oxygen atoms in total. The summed E-state index contributed by atoms with van der Waals surface area (Å²) in [6.45, 7) is 1.34. The Morgan fingerprint density at radius 3 is 2.87 bits per heavy atom. The van der Waals surface area contributed by atoms with Crippen molar-refractivity contribution in [2.45, 2.75) is 19.6 Å². The van der Waals surface area contributed by atoms with E-state index in [0.29, 0.717) is 0 Å². The minimum Gasteiger partial charge on any atom is -0.479 e. The first-order chi connectivity index (χ1) is 7.06. The summed E-state index contributed by atoms with van der Waals surface area (Å²) in [7, 11) is 0. The molecule has 0 aliphatic heterocycles. The molecule has 0 radical (unpaired) electrons. The van der Waals surface area contributed by atoms with E-state index < -0.39 is 17.9 Å². The van der Waals surface area contributed by atoms with E-state index in [0.717, 1.165) is 0 Å². The van der Waals surface area contributed by atoms with E-state index >= 15 is 0 Å². The molecule has 3 N–H and O–H groups in total. The molecule has 0 amide bonds. The SMILES string of the molecule is CC(Oc1cccc(F)c1CN)C(=O)O. The van der Waals surface area contributed by atoms with E-state index in [1.54, 1.807) is 0 Å². The molecule has 0 saturated carbocycles. The van der Waals surface area contributed by atoms with Gasteiger partial charge in [0.05, 0.1) is 0 Å². The van der Waals surface area contributed by atoms with Gasteiger partial charge in [0.15, 0.2) is 6.10 Å². The monoisotopic (exact) mass is 213 g/mol. The Balaban J connectivity index is 2.94. The number of carbonyl (C=O) groups is 1. The molecule has 0 fully saturated rings. The number of carboxylic acid groups (broad SMARTS) is 1. The zero-order valence-corrected chi connectivity index (χ0v) is 8.24. The Bertz CT molecular complexity index is 368. The van der Waals surface area contributed by atoms with E-state index in [2.05, 4.69) is 0 Å². The second-order valence-corrected chi connectivity index (χ2v) is 3.02. The number of nitrogens with two attached hydrogens (primary N) is 1. The molecule has 1 unspecified atom stereocenters. The smallest absolute Gasteiger partial charge is 0.344 e. The summed E-state index contributed by atoms with van der Waals surface area (Å²) < 4.78 is 18.3. The van der Waals surface area contributed by atoms with Gasteiger partial charge in [-0.05, 0) is 19.1 Å². The van der Waals surface area contributed by atoms with Gasteiger partial charge in [-0.2, -0.15) is 0 Å². The van der Waals surface area contributed by atoms with Crippen LogP contribution in [-0.2, 0) is 11.3 Å². The van der Waals surface area contributed by atoms with Crippen molar-refractivity contribution in [1.82, 2.24) is 0 Å². The van der Waals surface area contributed by atoms with Crippen LogP contribution in [0.1, 0.15) is 12.5 Å². The molecule has 0 heterocycles. The zero-order valence-electron chi connectivity index (χ0n) is 8.24. The van der Waals surface area contributed by atoms with Crippen molar-refractivity contribution in [2.75, 3.05) is 0 Å². The average Bonchev–Trinajstić information content (AvgIpc) is 2.18. The highest BCUT2D eigenvalue weighted by molar-refractivity contribution is 5.72. The standard InChI is InChI=1S/C10H12FNO3/c1-6(10(13)14)15-9-4-2-3-8(11)7(9)5-12/h2-4,6H,5,12H2,1H3,(H,13,14). The van der Waals surface area contributed by atoms with Gasteiger partial charge in [0.25, 0.3) is 0 Å². The van der Waals surface area contributed by atoms with Gasteiger partial charge >= 0.3 is 5.97 Å². The Morgan fingerprint density at radius 1 is 1.67 bits per heavy atom. The molecular formula is C10H12FNO3. The van der Waals surface area contributed by atoms with Crippen molar-refractivity contribution in [3.63, 3.8) is 0 Å². The van der Waals surface area contributed by atoms with E-state index in [1.165, 1.54) is 25.1 Å². The van der Waals surface area contributed by atoms with E-state index in [1.807, 2.05) is 0 Å². The molecule has 1 aromatic carbocycles. The van der Waals surface area contributed by atoms with Crippen LogP contribution in [0.15, 0.2) is 18.2 Å². The van der Waals surface area contributed by atoms with Crippen LogP contribution in [0.4, 0.5) is 4.39 Å². The summed E-state index contributed by atoms with van der Waals surface area (Å²) >= 11 is 0. The second-order valence-electron chi connectivity index (χ2n) is 3.02. The molecule has 0 bridgehead atoms. The van der Waals surface area contributed by atoms with Crippen LogP contribution in [0.3, 0.4) is 0 Å². The van der Waals surface area contributed by atoms with Crippen LogP contribution < -0.4 is 10.5 Å². The minimum absolute atomic E-state index is 0.0334. The molecule has 0 aromatic heterocycles. The molecule has 15 heavy (non-hydrogen) atoms. The maximum Gasteiger partial charge on any atom is 0.344 e. The number of halogens is 1. The second kappa shape index (κ2) is 4.75. The fourth-order valence-electron chi connectivity index (χ4n) is 1.09. The summed E-state index contributed by atoms with van der Waals surface area (Å²) in [6.07, 6.45) is -1.03. The number of aliphatic carboxylic acids is 1. The molecule has 0 aliphatic rings. The van der Waals surface area contributed by atoms with Gasteiger partial charge in [0.2, 0.25) is 0 Å². The quantitative estimate of drug-likeness (QED) is 0.786. The molecule has 1 aromatic rings. The normalized spacial score (nSPS) is 12.2. The van der Waals surface area contributed by atoms with Gasteiger partial charge in [-0.1, -0.05) is 6.07 Å². The highest BCUT2D eigenvalue weighted by Gasteiger charge is 2.15. The third-order valence-electron chi connectivity index (χ3n) is 1.93. The van der Waals surface area contributed by atoms with Crippen LogP contribution in [0.5, 0.6) is 5.75 Å². The van der Waals surface area contributed by atoms with Gasteiger partial charge in [-0.15, -0.1) is 0 Å². The Labute approximate surface area is 86.5 Å². The maximum absolute atomic E-state index is 13.2. The Kier molecular flexibility index (Phi) is 3.62. The van der Waals surface area contributed by atoms with Crippen LogP contribution >= 0.6 is 0 Å². The van der Waals surface area contributed by atoms with Crippen LogP contribution in [0.25, 0.3) is 0 Å². The Hall–Kier alpha value is -1.62. The summed E-state index contributed by atoms with van der Waals surface area (Å²) in [6, 6.07) is 4.18. The number of hydrogen-bond donors (Lipinski definition) is 2. The highest BCUT2D eigenvalue weighted by Crippen LogP contribution is 2.21. The van der Waals surface area contributed by atoms with Crippen LogP contribution in [-0.4, -0.2) is 17.2 Å².